The van der Waals surface area contributed by atoms with Crippen molar-refractivity contribution in [2.75, 3.05) is 6.54 Å². The van der Waals surface area contributed by atoms with Crippen molar-refractivity contribution < 1.29 is 0 Å². The molecule has 1 rings (SSSR count). The molecule has 0 fully saturated rings. The number of aromatic nitrogens is 1. The van der Waals surface area contributed by atoms with E-state index in [1.165, 1.54) is 0 Å². The molecular weight excluding hydrogens is 194 g/mol. The lowest BCUT2D eigenvalue weighted by atomic mass is 10.3. The van der Waals surface area contributed by atoms with Crippen LogP contribution < -0.4 is 5.32 Å². The fraction of sp³-hybridized carbons (Fsp3) is 0.600. The number of unbranched alkanes of at least 4 members (excludes halogenated alkanes) is 1. The molecule has 4 heteroatoms. The molecule has 76 valence electrons. The molecule has 1 N–H and O–H groups in total. The van der Waals surface area contributed by atoms with Crippen molar-refractivity contribution in [3.05, 3.63) is 16.1 Å². The van der Waals surface area contributed by atoms with Gasteiger partial charge in [0, 0.05) is 17.5 Å². The van der Waals surface area contributed by atoms with E-state index >= 15 is 0 Å². The lowest BCUT2D eigenvalue weighted by Crippen LogP contribution is -2.19. The molecule has 3 nitrogen and oxygen atoms in total. The number of nitriles is 1. The van der Waals surface area contributed by atoms with Gasteiger partial charge in [-0.1, -0.05) is 0 Å². The lowest BCUT2D eigenvalue weighted by molar-refractivity contribution is 0.559. The third kappa shape index (κ3) is 3.44. The van der Waals surface area contributed by atoms with Crippen LogP contribution in [0.5, 0.6) is 0 Å². The summed E-state index contributed by atoms with van der Waals surface area (Å²) in [5.74, 6) is 0. The van der Waals surface area contributed by atoms with Gasteiger partial charge in [-0.15, -0.1) is 11.3 Å². The Balaban J connectivity index is 2.29. The topological polar surface area (TPSA) is 48.7 Å². The summed E-state index contributed by atoms with van der Waals surface area (Å²) in [5, 5.41) is 14.9. The van der Waals surface area contributed by atoms with Crippen LogP contribution in [0.4, 0.5) is 0 Å². The maximum Gasteiger partial charge on any atom is 0.110 e. The van der Waals surface area contributed by atoms with Crippen LogP contribution in [0.2, 0.25) is 0 Å². The highest BCUT2D eigenvalue weighted by Gasteiger charge is 2.07. The Morgan fingerprint density at radius 1 is 1.71 bits per heavy atom. The third-order valence-electron chi connectivity index (χ3n) is 1.92. The van der Waals surface area contributed by atoms with Crippen LogP contribution in [0.1, 0.15) is 36.5 Å². The molecule has 0 radical (unpaired) electrons. The van der Waals surface area contributed by atoms with E-state index in [0.29, 0.717) is 12.5 Å². The quantitative estimate of drug-likeness (QED) is 0.757. The van der Waals surface area contributed by atoms with Gasteiger partial charge in [0.25, 0.3) is 0 Å². The van der Waals surface area contributed by atoms with Gasteiger partial charge in [-0.3, -0.25) is 0 Å². The first-order chi connectivity index (χ1) is 6.74. The number of hydrogen-bond donors (Lipinski definition) is 1. The summed E-state index contributed by atoms with van der Waals surface area (Å²) in [6.45, 7) is 4.99. The van der Waals surface area contributed by atoms with Crippen LogP contribution >= 0.6 is 11.3 Å². The fourth-order valence-corrected chi connectivity index (χ4v) is 1.97. The van der Waals surface area contributed by atoms with Crippen molar-refractivity contribution in [3.8, 4) is 6.07 Å². The SMILES string of the molecule is Cc1csc(C(C)NCCCC#N)n1. The van der Waals surface area contributed by atoms with E-state index in [9.17, 15) is 0 Å². The largest absolute Gasteiger partial charge is 0.308 e. The highest BCUT2D eigenvalue weighted by atomic mass is 32.1. The predicted molar refractivity (Wildman–Crippen MR) is 58.1 cm³/mol. The molecule has 0 saturated carbocycles. The minimum atomic E-state index is 0.299. The molecule has 0 aromatic carbocycles. The first-order valence-corrected chi connectivity index (χ1v) is 5.64. The van der Waals surface area contributed by atoms with E-state index in [-0.39, 0.29) is 0 Å². The van der Waals surface area contributed by atoms with Gasteiger partial charge in [0.05, 0.1) is 12.1 Å². The van der Waals surface area contributed by atoms with Crippen molar-refractivity contribution in [3.63, 3.8) is 0 Å². The number of nitrogens with one attached hydrogen (secondary N) is 1. The summed E-state index contributed by atoms with van der Waals surface area (Å²) in [5.41, 5.74) is 1.08. The third-order valence-corrected chi connectivity index (χ3v) is 3.07. The number of nitrogens with zero attached hydrogens (tertiary/aromatic N) is 2. The van der Waals surface area contributed by atoms with E-state index in [1.807, 2.05) is 6.92 Å². The molecule has 0 spiro atoms. The molecule has 1 atom stereocenters. The Bertz CT molecular complexity index is 313. The second kappa shape index (κ2) is 5.74. The van der Waals surface area contributed by atoms with Gasteiger partial charge >= 0.3 is 0 Å². The minimum absolute atomic E-state index is 0.299. The summed E-state index contributed by atoms with van der Waals surface area (Å²) in [6.07, 6.45) is 1.53. The van der Waals surface area contributed by atoms with Gasteiger partial charge in [0.15, 0.2) is 0 Å². The van der Waals surface area contributed by atoms with Gasteiger partial charge in [-0.2, -0.15) is 5.26 Å². The smallest absolute Gasteiger partial charge is 0.110 e. The average molecular weight is 209 g/mol. The highest BCUT2D eigenvalue weighted by molar-refractivity contribution is 7.09. The van der Waals surface area contributed by atoms with Crippen LogP contribution in [0.3, 0.4) is 0 Å². The maximum atomic E-state index is 8.36. The summed E-state index contributed by atoms with van der Waals surface area (Å²) in [6, 6.07) is 2.43. The Morgan fingerprint density at radius 2 is 2.50 bits per heavy atom. The molecule has 0 bridgehead atoms. The molecule has 0 aliphatic rings. The van der Waals surface area contributed by atoms with Crippen LogP contribution in [0.25, 0.3) is 0 Å². The van der Waals surface area contributed by atoms with Crippen LogP contribution in [0.15, 0.2) is 5.38 Å². The van der Waals surface area contributed by atoms with Gasteiger partial charge in [-0.05, 0) is 26.8 Å². The summed E-state index contributed by atoms with van der Waals surface area (Å²) >= 11 is 1.68. The van der Waals surface area contributed by atoms with E-state index in [2.05, 4.69) is 28.7 Å². The molecule has 0 amide bonds. The van der Waals surface area contributed by atoms with Gasteiger partial charge in [0.2, 0.25) is 0 Å². The predicted octanol–water partition coefficient (Wildman–Crippen LogP) is 2.41. The first-order valence-electron chi connectivity index (χ1n) is 4.76. The Kier molecular flexibility index (Phi) is 4.57. The second-order valence-corrected chi connectivity index (χ2v) is 4.15. The number of thiazole rings is 1. The van der Waals surface area contributed by atoms with Crippen LogP contribution in [-0.4, -0.2) is 11.5 Å². The van der Waals surface area contributed by atoms with Crippen molar-refractivity contribution in [2.24, 2.45) is 0 Å². The fourth-order valence-electron chi connectivity index (χ4n) is 1.14. The Hall–Kier alpha value is -0.920. The van der Waals surface area contributed by atoms with E-state index in [0.717, 1.165) is 23.7 Å². The van der Waals surface area contributed by atoms with Gasteiger partial charge in [-0.25, -0.2) is 4.98 Å². The molecule has 1 unspecified atom stereocenters. The summed E-state index contributed by atoms with van der Waals surface area (Å²) in [7, 11) is 0. The van der Waals surface area contributed by atoms with E-state index in [4.69, 9.17) is 5.26 Å². The standard InChI is InChI=1S/C10H15N3S/c1-8-7-14-10(13-8)9(2)12-6-4-3-5-11/h7,9,12H,3-4,6H2,1-2H3. The molecule has 0 aliphatic heterocycles. The molecule has 14 heavy (non-hydrogen) atoms. The zero-order valence-corrected chi connectivity index (χ0v) is 9.40. The van der Waals surface area contributed by atoms with Gasteiger partial charge in [0.1, 0.15) is 5.01 Å². The summed E-state index contributed by atoms with van der Waals surface area (Å²) in [4.78, 5) is 4.40. The molecule has 0 saturated heterocycles. The summed E-state index contributed by atoms with van der Waals surface area (Å²) < 4.78 is 0. The zero-order valence-electron chi connectivity index (χ0n) is 8.58. The Morgan fingerprint density at radius 3 is 3.07 bits per heavy atom. The van der Waals surface area contributed by atoms with Crippen molar-refractivity contribution >= 4 is 11.3 Å². The van der Waals surface area contributed by atoms with E-state index in [1.54, 1.807) is 11.3 Å². The van der Waals surface area contributed by atoms with E-state index < -0.39 is 0 Å². The molecule has 1 aromatic heterocycles. The molecule has 1 aromatic rings. The normalized spacial score (nSPS) is 12.4. The number of aryl methyl sites for hydroxylation is 1. The van der Waals surface area contributed by atoms with Crippen LogP contribution in [-0.2, 0) is 0 Å². The lowest BCUT2D eigenvalue weighted by Gasteiger charge is -2.09. The zero-order chi connectivity index (χ0) is 10.4. The van der Waals surface area contributed by atoms with Crippen LogP contribution in [0, 0.1) is 18.3 Å². The maximum absolute atomic E-state index is 8.36. The number of rotatable bonds is 5. The Labute approximate surface area is 88.8 Å². The second-order valence-electron chi connectivity index (χ2n) is 3.26. The van der Waals surface area contributed by atoms with Crippen molar-refractivity contribution in [1.29, 1.82) is 5.26 Å². The van der Waals surface area contributed by atoms with Crippen molar-refractivity contribution in [1.82, 2.24) is 10.3 Å². The molecule has 1 heterocycles. The highest BCUT2D eigenvalue weighted by Crippen LogP contribution is 2.17. The number of hydrogen-bond acceptors (Lipinski definition) is 4. The molecular formula is C10H15N3S. The molecule has 0 aliphatic carbocycles. The van der Waals surface area contributed by atoms with Gasteiger partial charge < -0.3 is 5.32 Å². The van der Waals surface area contributed by atoms with Crippen molar-refractivity contribution in [2.45, 2.75) is 32.7 Å². The monoisotopic (exact) mass is 209 g/mol. The average Bonchev–Trinajstić information content (AvgIpc) is 2.59. The first kappa shape index (κ1) is 11.2. The minimum Gasteiger partial charge on any atom is -0.308 e.